The van der Waals surface area contributed by atoms with Gasteiger partial charge in [-0.1, -0.05) is 24.3 Å². The lowest BCUT2D eigenvalue weighted by Crippen LogP contribution is -2.40. The van der Waals surface area contributed by atoms with Crippen molar-refractivity contribution in [3.05, 3.63) is 47.7 Å². The van der Waals surface area contributed by atoms with Crippen LogP contribution in [-0.4, -0.2) is 34.7 Å². The predicted molar refractivity (Wildman–Crippen MR) is 76.5 cm³/mol. The number of hydrogen-bond donors (Lipinski definition) is 1. The van der Waals surface area contributed by atoms with Crippen LogP contribution in [0.2, 0.25) is 0 Å². The summed E-state index contributed by atoms with van der Waals surface area (Å²) in [6, 6.07) is 8.45. The number of aromatic nitrogens is 2. The maximum absolute atomic E-state index is 11.7. The van der Waals surface area contributed by atoms with Gasteiger partial charge in [-0.2, -0.15) is 4.98 Å². The Morgan fingerprint density at radius 2 is 2.19 bits per heavy atom. The molecule has 1 aliphatic rings. The predicted octanol–water partition coefficient (Wildman–Crippen LogP) is 1.67. The molecule has 2 aromatic rings. The van der Waals surface area contributed by atoms with Crippen molar-refractivity contribution in [3.8, 4) is 5.88 Å². The highest BCUT2D eigenvalue weighted by Gasteiger charge is 2.34. The molecule has 0 saturated heterocycles. The Kier molecular flexibility index (Phi) is 3.43. The van der Waals surface area contributed by atoms with E-state index in [1.807, 2.05) is 24.3 Å². The van der Waals surface area contributed by atoms with E-state index in [1.165, 1.54) is 7.11 Å². The Balaban J connectivity index is 2.04. The Hall–Kier alpha value is -2.63. The van der Waals surface area contributed by atoms with Gasteiger partial charge in [-0.05, 0) is 17.5 Å². The van der Waals surface area contributed by atoms with E-state index in [9.17, 15) is 9.90 Å². The number of hydrogen-bond acceptors (Lipinski definition) is 5. The van der Waals surface area contributed by atoms with E-state index >= 15 is 0 Å². The number of nitrogens with zero attached hydrogens (tertiary/aromatic N) is 3. The molecule has 2 heterocycles. The summed E-state index contributed by atoms with van der Waals surface area (Å²) in [4.78, 5) is 21.9. The number of anilines is 1. The van der Waals surface area contributed by atoms with Crippen LogP contribution in [0.1, 0.15) is 17.2 Å². The van der Waals surface area contributed by atoms with Crippen molar-refractivity contribution in [2.45, 2.75) is 12.5 Å². The number of aliphatic carboxylic acids is 1. The monoisotopic (exact) mass is 285 g/mol. The van der Waals surface area contributed by atoms with Gasteiger partial charge in [0.2, 0.25) is 11.8 Å². The Morgan fingerprint density at radius 3 is 2.95 bits per heavy atom. The van der Waals surface area contributed by atoms with E-state index in [1.54, 1.807) is 17.2 Å². The minimum absolute atomic E-state index is 0.372. The first-order valence-electron chi connectivity index (χ1n) is 6.65. The fourth-order valence-electron chi connectivity index (χ4n) is 2.63. The minimum atomic E-state index is -0.909. The first-order chi connectivity index (χ1) is 10.2. The van der Waals surface area contributed by atoms with Crippen molar-refractivity contribution in [1.29, 1.82) is 0 Å². The van der Waals surface area contributed by atoms with Gasteiger partial charge in [-0.15, -0.1) is 0 Å². The van der Waals surface area contributed by atoms with Crippen molar-refractivity contribution in [2.75, 3.05) is 18.6 Å². The maximum atomic E-state index is 11.7. The third-order valence-electron chi connectivity index (χ3n) is 3.60. The molecule has 1 aromatic carbocycles. The quantitative estimate of drug-likeness (QED) is 0.924. The number of carbonyl (C=O) groups is 1. The van der Waals surface area contributed by atoms with E-state index in [-0.39, 0.29) is 0 Å². The van der Waals surface area contributed by atoms with Crippen LogP contribution in [0.3, 0.4) is 0 Å². The minimum Gasteiger partial charge on any atom is -0.481 e. The summed E-state index contributed by atoms with van der Waals surface area (Å²) in [6.07, 6.45) is 2.33. The third kappa shape index (κ3) is 2.40. The van der Waals surface area contributed by atoms with Crippen LogP contribution < -0.4 is 9.64 Å². The average molecular weight is 285 g/mol. The SMILES string of the molecule is COc1ccnc(N2CCc3ccccc3C2C(=O)O)n1. The third-order valence-corrected chi connectivity index (χ3v) is 3.60. The molecule has 0 saturated carbocycles. The number of ether oxygens (including phenoxy) is 1. The normalized spacial score (nSPS) is 17.2. The molecule has 0 amide bonds. The molecule has 1 N–H and O–H groups in total. The van der Waals surface area contributed by atoms with Gasteiger partial charge in [0.1, 0.15) is 0 Å². The summed E-state index contributed by atoms with van der Waals surface area (Å²) in [7, 11) is 1.52. The number of carboxylic acid groups (broad SMARTS) is 1. The van der Waals surface area contributed by atoms with E-state index in [0.29, 0.717) is 18.4 Å². The molecule has 21 heavy (non-hydrogen) atoms. The molecule has 6 nitrogen and oxygen atoms in total. The van der Waals surface area contributed by atoms with Crippen LogP contribution in [0.25, 0.3) is 0 Å². The molecule has 1 unspecified atom stereocenters. The number of fused-ring (bicyclic) bond motifs is 1. The van der Waals surface area contributed by atoms with Crippen LogP contribution in [0, 0.1) is 0 Å². The highest BCUT2D eigenvalue weighted by Crippen LogP contribution is 2.32. The van der Waals surface area contributed by atoms with E-state index in [2.05, 4.69) is 9.97 Å². The second-order valence-electron chi connectivity index (χ2n) is 4.78. The standard InChI is InChI=1S/C15H15N3O3/c1-21-12-6-8-16-15(17-12)18-9-7-10-4-2-3-5-11(10)13(18)14(19)20/h2-6,8,13H,7,9H2,1H3,(H,19,20). The molecule has 1 aromatic heterocycles. The topological polar surface area (TPSA) is 75.5 Å². The molecule has 0 spiro atoms. The van der Waals surface area contributed by atoms with Crippen molar-refractivity contribution in [3.63, 3.8) is 0 Å². The van der Waals surface area contributed by atoms with Crippen molar-refractivity contribution >= 4 is 11.9 Å². The van der Waals surface area contributed by atoms with Crippen LogP contribution in [0.5, 0.6) is 5.88 Å². The smallest absolute Gasteiger partial charge is 0.331 e. The van der Waals surface area contributed by atoms with Gasteiger partial charge in [0.25, 0.3) is 0 Å². The molecular weight excluding hydrogens is 270 g/mol. The molecule has 0 bridgehead atoms. The first-order valence-corrected chi connectivity index (χ1v) is 6.65. The Bertz CT molecular complexity index is 675. The van der Waals surface area contributed by atoms with Crippen LogP contribution in [0.4, 0.5) is 5.95 Å². The summed E-state index contributed by atoms with van der Waals surface area (Å²) in [6.45, 7) is 0.557. The van der Waals surface area contributed by atoms with Gasteiger partial charge in [-0.3, -0.25) is 0 Å². The van der Waals surface area contributed by atoms with Crippen molar-refractivity contribution < 1.29 is 14.6 Å². The maximum Gasteiger partial charge on any atom is 0.331 e. The lowest BCUT2D eigenvalue weighted by Gasteiger charge is -2.34. The molecule has 0 fully saturated rings. The fourth-order valence-corrected chi connectivity index (χ4v) is 2.63. The number of carboxylic acids is 1. The van der Waals surface area contributed by atoms with Gasteiger partial charge in [0.15, 0.2) is 6.04 Å². The number of benzene rings is 1. The van der Waals surface area contributed by atoms with E-state index in [0.717, 1.165) is 17.5 Å². The largest absolute Gasteiger partial charge is 0.481 e. The lowest BCUT2D eigenvalue weighted by molar-refractivity contribution is -0.139. The molecule has 6 heteroatoms. The fraction of sp³-hybridized carbons (Fsp3) is 0.267. The second kappa shape index (κ2) is 5.40. The molecule has 108 valence electrons. The van der Waals surface area contributed by atoms with E-state index < -0.39 is 12.0 Å². The van der Waals surface area contributed by atoms with Gasteiger partial charge in [0.05, 0.1) is 7.11 Å². The summed E-state index contributed by atoms with van der Waals surface area (Å²) >= 11 is 0. The summed E-state index contributed by atoms with van der Waals surface area (Å²) in [5.41, 5.74) is 1.85. The zero-order chi connectivity index (χ0) is 14.8. The molecule has 0 aliphatic carbocycles. The zero-order valence-electron chi connectivity index (χ0n) is 11.6. The highest BCUT2D eigenvalue weighted by molar-refractivity contribution is 5.80. The Morgan fingerprint density at radius 1 is 1.38 bits per heavy atom. The average Bonchev–Trinajstić information content (AvgIpc) is 2.53. The van der Waals surface area contributed by atoms with Crippen LogP contribution in [0.15, 0.2) is 36.5 Å². The molecular formula is C15H15N3O3. The van der Waals surface area contributed by atoms with Gasteiger partial charge >= 0.3 is 5.97 Å². The number of methoxy groups -OCH3 is 1. The van der Waals surface area contributed by atoms with E-state index in [4.69, 9.17) is 4.74 Å². The van der Waals surface area contributed by atoms with Crippen LogP contribution in [-0.2, 0) is 11.2 Å². The summed E-state index contributed by atoms with van der Waals surface area (Å²) in [5, 5.41) is 9.61. The Labute approximate surface area is 122 Å². The van der Waals surface area contributed by atoms with Crippen LogP contribution >= 0.6 is 0 Å². The lowest BCUT2D eigenvalue weighted by atomic mass is 9.93. The summed E-state index contributed by atoms with van der Waals surface area (Å²) < 4.78 is 5.09. The summed E-state index contributed by atoms with van der Waals surface area (Å²) in [5.74, 6) is -0.118. The van der Waals surface area contributed by atoms with Crippen molar-refractivity contribution in [1.82, 2.24) is 9.97 Å². The van der Waals surface area contributed by atoms with Gasteiger partial charge in [-0.25, -0.2) is 9.78 Å². The van der Waals surface area contributed by atoms with Gasteiger partial charge in [0, 0.05) is 18.8 Å². The highest BCUT2D eigenvalue weighted by atomic mass is 16.5. The first kappa shape index (κ1) is 13.4. The molecule has 3 rings (SSSR count). The molecule has 0 radical (unpaired) electrons. The molecule has 1 aliphatic heterocycles. The van der Waals surface area contributed by atoms with Gasteiger partial charge < -0.3 is 14.7 Å². The number of rotatable bonds is 3. The molecule has 1 atom stereocenters. The second-order valence-corrected chi connectivity index (χ2v) is 4.78. The zero-order valence-corrected chi connectivity index (χ0v) is 11.6. The van der Waals surface area contributed by atoms with Crippen molar-refractivity contribution in [2.24, 2.45) is 0 Å².